The summed E-state index contributed by atoms with van der Waals surface area (Å²) >= 11 is 11.9. The Kier molecular flexibility index (Phi) is 4.92. The van der Waals surface area contributed by atoms with E-state index in [9.17, 15) is 9.59 Å². The summed E-state index contributed by atoms with van der Waals surface area (Å²) in [6.45, 7) is 1.46. The van der Waals surface area contributed by atoms with Crippen LogP contribution in [0.5, 0.6) is 0 Å². The number of aromatic nitrogens is 1. The minimum Gasteiger partial charge on any atom is -0.449 e. The zero-order valence-electron chi connectivity index (χ0n) is 13.0. The van der Waals surface area contributed by atoms with E-state index in [4.69, 9.17) is 32.4 Å². The number of carbonyl (C=O) groups excluding carboxylic acids is 2. The van der Waals surface area contributed by atoms with Crippen LogP contribution in [0.2, 0.25) is 10.0 Å². The van der Waals surface area contributed by atoms with Crippen LogP contribution in [0.3, 0.4) is 0 Å². The van der Waals surface area contributed by atoms with Crippen molar-refractivity contribution in [1.29, 1.82) is 0 Å². The number of hydrogen-bond donors (Lipinski definition) is 1. The highest BCUT2D eigenvalue weighted by atomic mass is 35.5. The predicted octanol–water partition coefficient (Wildman–Crippen LogP) is 4.32. The third-order valence-electron chi connectivity index (χ3n) is 3.41. The lowest BCUT2D eigenvalue weighted by Gasteiger charge is -2.14. The number of amides is 1. The third-order valence-corrected chi connectivity index (χ3v) is 3.97. The van der Waals surface area contributed by atoms with Crippen LogP contribution in [0.1, 0.15) is 17.3 Å². The van der Waals surface area contributed by atoms with Crippen LogP contribution in [0.4, 0.5) is 5.69 Å². The number of nitrogens with one attached hydrogen (secondary N) is 1. The van der Waals surface area contributed by atoms with Gasteiger partial charge in [-0.15, -0.1) is 0 Å². The zero-order valence-corrected chi connectivity index (χ0v) is 14.5. The molecule has 3 aromatic rings. The van der Waals surface area contributed by atoms with Gasteiger partial charge in [0.05, 0.1) is 16.3 Å². The van der Waals surface area contributed by atoms with Crippen molar-refractivity contribution >= 4 is 51.9 Å². The summed E-state index contributed by atoms with van der Waals surface area (Å²) < 4.78 is 10.3. The maximum Gasteiger partial charge on any atom is 0.338 e. The van der Waals surface area contributed by atoms with E-state index in [0.717, 1.165) is 0 Å². The van der Waals surface area contributed by atoms with Gasteiger partial charge in [0.25, 0.3) is 5.91 Å². The van der Waals surface area contributed by atoms with Crippen LogP contribution in [-0.4, -0.2) is 23.0 Å². The normalized spacial score (nSPS) is 12.0. The molecule has 0 spiro atoms. The van der Waals surface area contributed by atoms with Gasteiger partial charge in [-0.3, -0.25) is 4.79 Å². The summed E-state index contributed by atoms with van der Waals surface area (Å²) in [4.78, 5) is 28.4. The summed E-state index contributed by atoms with van der Waals surface area (Å²) in [5.74, 6) is -1.18. The summed E-state index contributed by atoms with van der Waals surface area (Å²) in [5, 5.41) is 3.32. The molecule has 1 N–H and O–H groups in total. The number of fused-ring (bicyclic) bond motifs is 1. The molecule has 2 aromatic carbocycles. The highest BCUT2D eigenvalue weighted by molar-refractivity contribution is 6.35. The van der Waals surface area contributed by atoms with Crippen LogP contribution >= 0.6 is 23.2 Å². The van der Waals surface area contributed by atoms with E-state index in [1.54, 1.807) is 18.2 Å². The predicted molar refractivity (Wildman–Crippen MR) is 94.0 cm³/mol. The van der Waals surface area contributed by atoms with Crippen molar-refractivity contribution in [3.63, 3.8) is 0 Å². The fourth-order valence-electron chi connectivity index (χ4n) is 2.09. The summed E-state index contributed by atoms with van der Waals surface area (Å²) in [6, 6.07) is 9.34. The second-order valence-corrected chi connectivity index (χ2v) is 6.04. The first-order chi connectivity index (χ1) is 11.9. The molecule has 1 heterocycles. The molecular weight excluding hydrogens is 367 g/mol. The van der Waals surface area contributed by atoms with Crippen molar-refractivity contribution in [1.82, 2.24) is 4.98 Å². The molecule has 6 nitrogen and oxygen atoms in total. The van der Waals surface area contributed by atoms with E-state index in [1.165, 1.54) is 31.5 Å². The molecule has 3 rings (SSSR count). The number of oxazole rings is 1. The van der Waals surface area contributed by atoms with E-state index in [2.05, 4.69) is 10.3 Å². The van der Waals surface area contributed by atoms with E-state index in [1.807, 2.05) is 0 Å². The van der Waals surface area contributed by atoms with E-state index in [-0.39, 0.29) is 5.56 Å². The number of halogens is 2. The van der Waals surface area contributed by atoms with Gasteiger partial charge in [0.2, 0.25) is 0 Å². The molecule has 0 aliphatic carbocycles. The monoisotopic (exact) mass is 378 g/mol. The Morgan fingerprint density at radius 1 is 1.20 bits per heavy atom. The van der Waals surface area contributed by atoms with Crippen LogP contribution in [0, 0.1) is 0 Å². The lowest BCUT2D eigenvalue weighted by Crippen LogP contribution is -2.30. The third kappa shape index (κ3) is 3.92. The molecule has 0 saturated heterocycles. The molecule has 1 atom stereocenters. The van der Waals surface area contributed by atoms with Crippen molar-refractivity contribution in [3.8, 4) is 0 Å². The van der Waals surface area contributed by atoms with Crippen molar-refractivity contribution < 1.29 is 18.7 Å². The highest BCUT2D eigenvalue weighted by Crippen LogP contribution is 2.25. The average Bonchev–Trinajstić information content (AvgIpc) is 3.05. The van der Waals surface area contributed by atoms with Gasteiger partial charge >= 0.3 is 5.97 Å². The Morgan fingerprint density at radius 3 is 2.80 bits per heavy atom. The second-order valence-electron chi connectivity index (χ2n) is 5.20. The number of esters is 1. The van der Waals surface area contributed by atoms with Gasteiger partial charge < -0.3 is 14.5 Å². The maximum absolute atomic E-state index is 12.2. The Morgan fingerprint density at radius 2 is 2.00 bits per heavy atom. The molecule has 8 heteroatoms. The second kappa shape index (κ2) is 7.13. The van der Waals surface area contributed by atoms with E-state index < -0.39 is 18.0 Å². The highest BCUT2D eigenvalue weighted by Gasteiger charge is 2.20. The molecule has 128 valence electrons. The summed E-state index contributed by atoms with van der Waals surface area (Å²) in [7, 11) is 0. The number of nitrogens with zero attached hydrogens (tertiary/aromatic N) is 1. The van der Waals surface area contributed by atoms with Gasteiger partial charge in [-0.2, -0.15) is 0 Å². The van der Waals surface area contributed by atoms with Gasteiger partial charge in [-0.05, 0) is 43.3 Å². The van der Waals surface area contributed by atoms with Crippen molar-refractivity contribution in [2.24, 2.45) is 0 Å². The average molecular weight is 379 g/mol. The van der Waals surface area contributed by atoms with Crippen LogP contribution in [0.15, 0.2) is 47.2 Å². The molecule has 1 amide bonds. The lowest BCUT2D eigenvalue weighted by atomic mass is 10.2. The fraction of sp³-hybridized carbons (Fsp3) is 0.118. The van der Waals surface area contributed by atoms with E-state index >= 15 is 0 Å². The topological polar surface area (TPSA) is 81.4 Å². The van der Waals surface area contributed by atoms with E-state index in [0.29, 0.717) is 26.8 Å². The molecule has 0 aliphatic rings. The maximum atomic E-state index is 12.2. The van der Waals surface area contributed by atoms with Gasteiger partial charge in [-0.1, -0.05) is 23.2 Å². The molecule has 1 unspecified atom stereocenters. The molecule has 0 fully saturated rings. The molecule has 25 heavy (non-hydrogen) atoms. The Labute approximate surface area is 152 Å². The Hall–Kier alpha value is -2.57. The fourth-order valence-corrected chi connectivity index (χ4v) is 2.43. The smallest absolute Gasteiger partial charge is 0.338 e. The Bertz CT molecular complexity index is 955. The quantitative estimate of drug-likeness (QED) is 0.683. The SMILES string of the molecule is CC(OC(=O)c1ccc2ocnc2c1)C(=O)Nc1cc(Cl)ccc1Cl. The molecule has 0 saturated carbocycles. The lowest BCUT2D eigenvalue weighted by molar-refractivity contribution is -0.123. The largest absolute Gasteiger partial charge is 0.449 e. The van der Waals surface area contributed by atoms with Crippen LogP contribution in [0.25, 0.3) is 11.1 Å². The Balaban J connectivity index is 1.68. The number of hydrogen-bond acceptors (Lipinski definition) is 5. The van der Waals surface area contributed by atoms with Gasteiger partial charge in [0.1, 0.15) is 5.52 Å². The molecule has 1 aromatic heterocycles. The minimum atomic E-state index is -1.03. The first-order valence-electron chi connectivity index (χ1n) is 7.24. The van der Waals surface area contributed by atoms with Crippen LogP contribution in [-0.2, 0) is 9.53 Å². The number of carbonyl (C=O) groups is 2. The number of ether oxygens (including phenoxy) is 1. The number of rotatable bonds is 4. The van der Waals surface area contributed by atoms with Gasteiger partial charge in [-0.25, -0.2) is 9.78 Å². The summed E-state index contributed by atoms with van der Waals surface area (Å²) in [6.07, 6.45) is 0.250. The molecule has 0 radical (unpaired) electrons. The number of anilines is 1. The molecular formula is C17H12Cl2N2O4. The van der Waals surface area contributed by atoms with Gasteiger partial charge in [0.15, 0.2) is 18.1 Å². The van der Waals surface area contributed by atoms with Crippen molar-refractivity contribution in [2.75, 3.05) is 5.32 Å². The number of benzene rings is 2. The summed E-state index contributed by atoms with van der Waals surface area (Å²) in [5.41, 5.74) is 1.68. The van der Waals surface area contributed by atoms with Gasteiger partial charge in [0, 0.05) is 5.02 Å². The van der Waals surface area contributed by atoms with Crippen molar-refractivity contribution in [2.45, 2.75) is 13.0 Å². The van der Waals surface area contributed by atoms with Crippen LogP contribution < -0.4 is 5.32 Å². The minimum absolute atomic E-state index is 0.266. The van der Waals surface area contributed by atoms with Crippen molar-refractivity contribution in [3.05, 3.63) is 58.4 Å². The standard InChI is InChI=1S/C17H12Cl2N2O4/c1-9(16(22)21-13-7-11(18)3-4-12(13)19)25-17(23)10-2-5-15-14(6-10)20-8-24-15/h2-9H,1H3,(H,21,22). The first-order valence-corrected chi connectivity index (χ1v) is 8.00. The molecule has 0 bridgehead atoms. The zero-order chi connectivity index (χ0) is 18.0. The first kappa shape index (κ1) is 17.3. The molecule has 0 aliphatic heterocycles.